The number of hydrogen-bond acceptors (Lipinski definition) is 4. The van der Waals surface area contributed by atoms with Crippen LogP contribution in [0.4, 0.5) is 0 Å². The second kappa shape index (κ2) is 9.38. The number of aliphatic carboxylic acids is 1. The van der Waals surface area contributed by atoms with Crippen LogP contribution in [0, 0.1) is 11.8 Å². The molecule has 0 spiro atoms. The van der Waals surface area contributed by atoms with Gasteiger partial charge < -0.3 is 19.9 Å². The Morgan fingerprint density at radius 2 is 2.05 bits per heavy atom. The highest BCUT2D eigenvalue weighted by Gasteiger charge is 2.48. The molecular formula is C16H31NO4. The summed E-state index contributed by atoms with van der Waals surface area (Å²) in [7, 11) is 0. The average Bonchev–Trinajstić information content (AvgIpc) is 2.82. The highest BCUT2D eigenvalue weighted by molar-refractivity contribution is 5.79. The molecule has 0 aromatic rings. The van der Waals surface area contributed by atoms with E-state index in [1.165, 1.54) is 0 Å². The molecule has 1 saturated carbocycles. The molecule has 0 amide bonds. The minimum atomic E-state index is -0.744. The number of rotatable bonds is 11. The normalized spacial score (nSPS) is 25.6. The van der Waals surface area contributed by atoms with E-state index in [0.717, 1.165) is 32.3 Å². The van der Waals surface area contributed by atoms with Crippen molar-refractivity contribution in [3.8, 4) is 0 Å². The number of likely N-dealkylation sites (N-methyl/N-ethyl adjacent to an activating group) is 1. The molecule has 2 N–H and O–H groups in total. The van der Waals surface area contributed by atoms with Gasteiger partial charge in [0.15, 0.2) is 0 Å². The van der Waals surface area contributed by atoms with Crippen molar-refractivity contribution in [2.45, 2.75) is 52.0 Å². The van der Waals surface area contributed by atoms with Crippen molar-refractivity contribution in [2.24, 2.45) is 11.8 Å². The molecule has 5 nitrogen and oxygen atoms in total. The Balaban J connectivity index is 2.25. The third kappa shape index (κ3) is 5.57. The summed E-state index contributed by atoms with van der Waals surface area (Å²) in [5, 5.41) is 12.8. The molecule has 1 fully saturated rings. The Bertz CT molecular complexity index is 309. The van der Waals surface area contributed by atoms with Crippen LogP contribution >= 0.6 is 0 Å². The highest BCUT2D eigenvalue weighted by Crippen LogP contribution is 2.38. The van der Waals surface area contributed by atoms with E-state index < -0.39 is 11.5 Å². The molecule has 21 heavy (non-hydrogen) atoms. The lowest BCUT2D eigenvalue weighted by molar-refractivity contribution is -0.147. The maximum absolute atomic E-state index is 11.6. The Hall–Kier alpha value is -0.650. The highest BCUT2D eigenvalue weighted by atomic mass is 16.5. The first kappa shape index (κ1) is 18.4. The maximum Gasteiger partial charge on any atom is 0.324 e. The van der Waals surface area contributed by atoms with E-state index in [1.807, 2.05) is 6.92 Å². The number of carbonyl (C=O) groups is 1. The molecule has 0 aromatic carbocycles. The van der Waals surface area contributed by atoms with Crippen LogP contribution in [0.1, 0.15) is 46.5 Å². The third-order valence-electron chi connectivity index (χ3n) is 4.13. The van der Waals surface area contributed by atoms with Gasteiger partial charge in [-0.25, -0.2) is 0 Å². The van der Waals surface area contributed by atoms with Crippen LogP contribution in [0.2, 0.25) is 0 Å². The van der Waals surface area contributed by atoms with Gasteiger partial charge in [0.25, 0.3) is 0 Å². The summed E-state index contributed by atoms with van der Waals surface area (Å²) in [5.41, 5.74) is -0.744. The van der Waals surface area contributed by atoms with Crippen molar-refractivity contribution < 1.29 is 19.4 Å². The van der Waals surface area contributed by atoms with Gasteiger partial charge in [-0.2, -0.15) is 0 Å². The van der Waals surface area contributed by atoms with Gasteiger partial charge in [0.1, 0.15) is 5.54 Å². The van der Waals surface area contributed by atoms with Crippen molar-refractivity contribution in [1.29, 1.82) is 0 Å². The fourth-order valence-corrected chi connectivity index (χ4v) is 3.14. The first-order valence-corrected chi connectivity index (χ1v) is 8.16. The first-order chi connectivity index (χ1) is 10.0. The molecular weight excluding hydrogens is 270 g/mol. The van der Waals surface area contributed by atoms with Crippen molar-refractivity contribution in [3.63, 3.8) is 0 Å². The fraction of sp³-hybridized carbons (Fsp3) is 0.938. The van der Waals surface area contributed by atoms with E-state index in [-0.39, 0.29) is 5.92 Å². The summed E-state index contributed by atoms with van der Waals surface area (Å²) < 4.78 is 11.0. The van der Waals surface area contributed by atoms with Crippen molar-refractivity contribution in [1.82, 2.24) is 5.32 Å². The number of ether oxygens (including phenoxy) is 2. The number of nitrogens with one attached hydrogen (secondary N) is 1. The molecule has 0 radical (unpaired) electrons. The zero-order valence-corrected chi connectivity index (χ0v) is 13.7. The monoisotopic (exact) mass is 301 g/mol. The minimum Gasteiger partial charge on any atom is -0.480 e. The Kier molecular flexibility index (Phi) is 8.22. The molecule has 0 saturated heterocycles. The smallest absolute Gasteiger partial charge is 0.324 e. The van der Waals surface area contributed by atoms with Crippen LogP contribution in [0.25, 0.3) is 0 Å². The zero-order valence-electron chi connectivity index (χ0n) is 13.7. The molecule has 0 bridgehead atoms. The van der Waals surface area contributed by atoms with Gasteiger partial charge in [-0.1, -0.05) is 27.2 Å². The summed E-state index contributed by atoms with van der Waals surface area (Å²) >= 11 is 0. The topological polar surface area (TPSA) is 67.8 Å². The summed E-state index contributed by atoms with van der Waals surface area (Å²) in [4.78, 5) is 11.6. The van der Waals surface area contributed by atoms with Gasteiger partial charge in [0, 0.05) is 13.2 Å². The van der Waals surface area contributed by atoms with Crippen LogP contribution in [0.3, 0.4) is 0 Å². The second-order valence-electron chi connectivity index (χ2n) is 6.27. The van der Waals surface area contributed by atoms with E-state index in [1.54, 1.807) is 0 Å². The lowest BCUT2D eigenvalue weighted by atomic mass is 9.84. The fourth-order valence-electron chi connectivity index (χ4n) is 3.14. The van der Waals surface area contributed by atoms with E-state index in [2.05, 4.69) is 19.2 Å². The van der Waals surface area contributed by atoms with E-state index in [0.29, 0.717) is 32.3 Å². The molecule has 2 atom stereocenters. The third-order valence-corrected chi connectivity index (χ3v) is 4.13. The van der Waals surface area contributed by atoms with E-state index in [4.69, 9.17) is 9.47 Å². The summed E-state index contributed by atoms with van der Waals surface area (Å²) in [6.07, 6.45) is 3.45. The SMILES string of the molecule is CCNC1(C(=O)O)CCCC1CCOCCOCC(C)C. The molecule has 0 aliphatic heterocycles. The minimum absolute atomic E-state index is 0.159. The number of carboxylic acids is 1. The predicted molar refractivity (Wildman–Crippen MR) is 82.5 cm³/mol. The van der Waals surface area contributed by atoms with Gasteiger partial charge in [0.05, 0.1) is 13.2 Å². The van der Waals surface area contributed by atoms with Crippen molar-refractivity contribution in [2.75, 3.05) is 33.0 Å². The van der Waals surface area contributed by atoms with Crippen molar-refractivity contribution in [3.05, 3.63) is 0 Å². The largest absolute Gasteiger partial charge is 0.480 e. The summed E-state index contributed by atoms with van der Waals surface area (Å²) in [6.45, 7) is 9.45. The number of hydrogen-bond donors (Lipinski definition) is 2. The van der Waals surface area contributed by atoms with Gasteiger partial charge in [-0.3, -0.25) is 4.79 Å². The molecule has 1 rings (SSSR count). The second-order valence-corrected chi connectivity index (χ2v) is 6.27. The quantitative estimate of drug-likeness (QED) is 0.573. The number of carboxylic acid groups (broad SMARTS) is 1. The predicted octanol–water partition coefficient (Wildman–Crippen LogP) is 2.30. The standard InChI is InChI=1S/C16H31NO4/c1-4-17-16(15(18)19)8-5-6-14(16)7-9-20-10-11-21-12-13(2)3/h13-14,17H,4-12H2,1-3H3,(H,18,19). The maximum atomic E-state index is 11.6. The van der Waals surface area contributed by atoms with Gasteiger partial charge in [0.2, 0.25) is 0 Å². The van der Waals surface area contributed by atoms with Crippen LogP contribution in [0.15, 0.2) is 0 Å². The van der Waals surface area contributed by atoms with Crippen LogP contribution < -0.4 is 5.32 Å². The molecule has 1 aliphatic rings. The molecule has 2 unspecified atom stereocenters. The van der Waals surface area contributed by atoms with Gasteiger partial charge in [-0.15, -0.1) is 0 Å². The van der Waals surface area contributed by atoms with Crippen LogP contribution in [0.5, 0.6) is 0 Å². The molecule has 0 heterocycles. The van der Waals surface area contributed by atoms with Gasteiger partial charge in [-0.05, 0) is 37.6 Å². The summed E-state index contributed by atoms with van der Waals surface area (Å²) in [5.74, 6) is -0.0153. The lowest BCUT2D eigenvalue weighted by Crippen LogP contribution is -2.54. The lowest BCUT2D eigenvalue weighted by Gasteiger charge is -2.32. The van der Waals surface area contributed by atoms with Gasteiger partial charge >= 0.3 is 5.97 Å². The molecule has 0 aromatic heterocycles. The van der Waals surface area contributed by atoms with Crippen molar-refractivity contribution >= 4 is 5.97 Å². The molecule has 124 valence electrons. The van der Waals surface area contributed by atoms with Crippen LogP contribution in [-0.4, -0.2) is 49.6 Å². The molecule has 1 aliphatic carbocycles. The van der Waals surface area contributed by atoms with E-state index in [9.17, 15) is 9.90 Å². The van der Waals surface area contributed by atoms with E-state index >= 15 is 0 Å². The Morgan fingerprint density at radius 1 is 1.33 bits per heavy atom. The average molecular weight is 301 g/mol. The molecule has 5 heteroatoms. The first-order valence-electron chi connectivity index (χ1n) is 8.16. The Morgan fingerprint density at radius 3 is 2.67 bits per heavy atom. The van der Waals surface area contributed by atoms with Crippen LogP contribution in [-0.2, 0) is 14.3 Å². The zero-order chi connectivity index (χ0) is 15.7. The summed E-state index contributed by atoms with van der Waals surface area (Å²) in [6, 6.07) is 0. The Labute approximate surface area is 128 Å².